The minimum atomic E-state index is -4.24. The van der Waals surface area contributed by atoms with Crippen molar-refractivity contribution in [2.75, 3.05) is 6.61 Å². The summed E-state index contributed by atoms with van der Waals surface area (Å²) in [7, 11) is -4.24. The number of carbonyl (C=O) groups is 1. The maximum atomic E-state index is 13.6. The Kier molecular flexibility index (Phi) is 9.20. The molecule has 2 heterocycles. The third-order valence-corrected chi connectivity index (χ3v) is 7.83. The Morgan fingerprint density at radius 2 is 1.97 bits per heavy atom. The van der Waals surface area contributed by atoms with E-state index < -0.39 is 65.9 Å². The molecule has 0 saturated carbocycles. The number of ether oxygens (including phenoxy) is 2. The zero-order valence-corrected chi connectivity index (χ0v) is 22.7. The second kappa shape index (κ2) is 11.6. The third kappa shape index (κ3) is 6.86. The number of halogens is 2. The number of hydrogen-bond donors (Lipinski definition) is 3. The molecule has 0 radical (unpaired) electrons. The van der Waals surface area contributed by atoms with Crippen molar-refractivity contribution in [1.29, 1.82) is 0 Å². The number of para-hydroxylation sites is 1. The van der Waals surface area contributed by atoms with Crippen LogP contribution in [0.5, 0.6) is 5.75 Å². The van der Waals surface area contributed by atoms with E-state index in [0.29, 0.717) is 0 Å². The van der Waals surface area contributed by atoms with Crippen LogP contribution < -0.4 is 20.9 Å². The van der Waals surface area contributed by atoms with Crippen LogP contribution in [-0.2, 0) is 23.4 Å². The van der Waals surface area contributed by atoms with Gasteiger partial charge < -0.3 is 19.1 Å². The minimum Gasteiger partial charge on any atom is -0.462 e. The molecule has 1 aromatic heterocycles. The van der Waals surface area contributed by atoms with Crippen LogP contribution in [0.25, 0.3) is 0 Å². The molecule has 12 nitrogen and oxygen atoms in total. The molecular formula is C21H26BrClN3O9P. The van der Waals surface area contributed by atoms with Crippen LogP contribution in [0.1, 0.15) is 27.0 Å². The van der Waals surface area contributed by atoms with Gasteiger partial charge in [-0.25, -0.2) is 9.36 Å². The molecular weight excluding hydrogens is 585 g/mol. The molecule has 1 aliphatic rings. The summed E-state index contributed by atoms with van der Waals surface area (Å²) in [4.78, 5) is 38.0. The van der Waals surface area contributed by atoms with Crippen LogP contribution >= 0.6 is 35.3 Å². The summed E-state index contributed by atoms with van der Waals surface area (Å²) >= 11 is 9.60. The number of rotatable bonds is 10. The molecule has 36 heavy (non-hydrogen) atoms. The molecule has 6 atom stereocenters. The smallest absolute Gasteiger partial charge is 0.459 e. The molecule has 15 heteroatoms. The first-order chi connectivity index (χ1) is 16.8. The van der Waals surface area contributed by atoms with E-state index in [-0.39, 0.29) is 5.75 Å². The first-order valence-electron chi connectivity index (χ1n) is 10.8. The number of nitrogens with zero attached hydrogens (tertiary/aromatic N) is 1. The molecule has 1 aliphatic heterocycles. The number of benzene rings is 1. The molecule has 0 aliphatic carbocycles. The van der Waals surface area contributed by atoms with Gasteiger partial charge in [0, 0.05) is 12.3 Å². The van der Waals surface area contributed by atoms with Gasteiger partial charge in [-0.15, -0.1) is 0 Å². The topological polar surface area (TPSA) is 158 Å². The van der Waals surface area contributed by atoms with Gasteiger partial charge in [0.25, 0.3) is 5.56 Å². The quantitative estimate of drug-likeness (QED) is 0.207. The van der Waals surface area contributed by atoms with Crippen molar-refractivity contribution in [3.8, 4) is 5.75 Å². The number of carbonyl (C=O) groups excluding carboxylic acids is 1. The van der Waals surface area contributed by atoms with E-state index in [1.807, 2.05) is 0 Å². The van der Waals surface area contributed by atoms with E-state index in [1.165, 1.54) is 19.1 Å². The average molecular weight is 611 g/mol. The zero-order chi connectivity index (χ0) is 26.7. The highest BCUT2D eigenvalue weighted by Crippen LogP contribution is 2.50. The molecule has 1 fully saturated rings. The molecule has 0 spiro atoms. The van der Waals surface area contributed by atoms with Crippen LogP contribution in [0, 0.1) is 0 Å². The van der Waals surface area contributed by atoms with Gasteiger partial charge >= 0.3 is 19.4 Å². The highest BCUT2D eigenvalue weighted by atomic mass is 79.9. The molecule has 0 bridgehead atoms. The van der Waals surface area contributed by atoms with Crippen LogP contribution in [0.3, 0.4) is 0 Å². The predicted octanol–water partition coefficient (Wildman–Crippen LogP) is 2.26. The van der Waals surface area contributed by atoms with Crippen LogP contribution in [0.15, 0.2) is 52.2 Å². The fraction of sp³-hybridized carbons (Fsp3) is 0.476. The number of aliphatic hydroxyl groups is 1. The average Bonchev–Trinajstić information content (AvgIpc) is 3.01. The molecule has 1 aromatic carbocycles. The summed E-state index contributed by atoms with van der Waals surface area (Å²) in [5.41, 5.74) is -1.44. The van der Waals surface area contributed by atoms with Gasteiger partial charge in [-0.2, -0.15) is 5.09 Å². The minimum absolute atomic E-state index is 0.190. The number of nitrogens with one attached hydrogen (secondary N) is 2. The molecule has 3 rings (SSSR count). The number of aromatic nitrogens is 2. The van der Waals surface area contributed by atoms with Gasteiger partial charge in [0.2, 0.25) is 0 Å². The summed E-state index contributed by atoms with van der Waals surface area (Å²) in [6, 6.07) is 8.12. The Bertz CT molecular complexity index is 1220. The molecule has 0 amide bonds. The molecule has 2 aromatic rings. The first kappa shape index (κ1) is 28.6. The highest BCUT2D eigenvalue weighted by Gasteiger charge is 2.55. The Morgan fingerprint density at radius 3 is 2.58 bits per heavy atom. The van der Waals surface area contributed by atoms with Crippen LogP contribution in [0.2, 0.25) is 0 Å². The second-order valence-electron chi connectivity index (χ2n) is 8.20. The Hall–Kier alpha value is -1.99. The summed E-state index contributed by atoms with van der Waals surface area (Å²) < 4.78 is 34.9. The normalized spacial score (nSPS) is 26.4. The standard InChI is InChI=1S/C21H26BrClN3O9P/c1-12(2)33-18(29)13(3)25-36(31,35-14-7-5-4-6-8-14)32-11-15-17(28)21(22,23)19(34-15)26-10-9-16(27)24-20(26)30/h4-10,12-13,15,17,19,28H,11H2,1-3H3,(H,25,31)(H,24,27,30)/t13-,15+,17+,19?,21+,36-/m0/s1. The van der Waals surface area contributed by atoms with Gasteiger partial charge in [0.15, 0.2) is 10.0 Å². The van der Waals surface area contributed by atoms with Gasteiger partial charge in [-0.05, 0) is 32.9 Å². The SMILES string of the molecule is CC(C)OC(=O)[C@H](C)N[P@](=O)(OC[C@H]1OC(n2ccc(=O)[nH]c2=O)[C@@](Cl)(Br)[C@@H]1O)Oc1ccccc1. The largest absolute Gasteiger partial charge is 0.462 e. The molecule has 1 unspecified atom stereocenters. The lowest BCUT2D eigenvalue weighted by molar-refractivity contribution is -0.149. The van der Waals surface area contributed by atoms with Gasteiger partial charge in [0.05, 0.1) is 12.7 Å². The van der Waals surface area contributed by atoms with Crippen molar-refractivity contribution in [1.82, 2.24) is 14.6 Å². The Balaban J connectivity index is 1.80. The number of hydrogen-bond acceptors (Lipinski definition) is 9. The highest BCUT2D eigenvalue weighted by molar-refractivity contribution is 9.10. The van der Waals surface area contributed by atoms with Crippen LogP contribution in [0.4, 0.5) is 0 Å². The van der Waals surface area contributed by atoms with Crippen molar-refractivity contribution >= 4 is 41.2 Å². The van der Waals surface area contributed by atoms with E-state index in [4.69, 9.17) is 30.1 Å². The van der Waals surface area contributed by atoms with Crippen molar-refractivity contribution in [3.05, 3.63) is 63.4 Å². The lowest BCUT2D eigenvalue weighted by Gasteiger charge is -2.25. The number of esters is 1. The van der Waals surface area contributed by atoms with Gasteiger partial charge in [-0.3, -0.25) is 23.7 Å². The number of aliphatic hydroxyl groups excluding tert-OH is 1. The van der Waals surface area contributed by atoms with Crippen molar-refractivity contribution in [2.24, 2.45) is 0 Å². The van der Waals surface area contributed by atoms with E-state index in [9.17, 15) is 24.1 Å². The number of alkyl halides is 2. The maximum absolute atomic E-state index is 13.6. The number of H-pyrrole nitrogens is 1. The van der Waals surface area contributed by atoms with Gasteiger partial charge in [0.1, 0.15) is 24.0 Å². The summed E-state index contributed by atoms with van der Waals surface area (Å²) in [5, 5.41) is 13.3. The lowest BCUT2D eigenvalue weighted by Crippen LogP contribution is -2.41. The Morgan fingerprint density at radius 1 is 1.31 bits per heavy atom. The van der Waals surface area contributed by atoms with E-state index in [1.54, 1.807) is 32.0 Å². The predicted molar refractivity (Wildman–Crippen MR) is 133 cm³/mol. The maximum Gasteiger partial charge on any atom is 0.459 e. The van der Waals surface area contributed by atoms with Crippen LogP contribution in [-0.4, -0.2) is 55.4 Å². The molecule has 3 N–H and O–H groups in total. The lowest BCUT2D eigenvalue weighted by atomic mass is 10.2. The van der Waals surface area contributed by atoms with Gasteiger partial charge in [-0.1, -0.05) is 45.7 Å². The second-order valence-corrected chi connectivity index (χ2v) is 12.3. The van der Waals surface area contributed by atoms with E-state index >= 15 is 0 Å². The molecule has 1 saturated heterocycles. The zero-order valence-electron chi connectivity index (χ0n) is 19.5. The van der Waals surface area contributed by atoms with Crippen molar-refractivity contribution in [2.45, 2.75) is 55.1 Å². The summed E-state index contributed by atoms with van der Waals surface area (Å²) in [6.07, 6.45) is -3.17. The monoisotopic (exact) mass is 609 g/mol. The fourth-order valence-electron chi connectivity index (χ4n) is 3.22. The number of aromatic amines is 1. The van der Waals surface area contributed by atoms with Crippen molar-refractivity contribution in [3.63, 3.8) is 0 Å². The van der Waals surface area contributed by atoms with E-state index in [0.717, 1.165) is 16.8 Å². The third-order valence-electron chi connectivity index (χ3n) is 4.92. The summed E-state index contributed by atoms with van der Waals surface area (Å²) in [5.74, 6) is -0.490. The van der Waals surface area contributed by atoms with E-state index in [2.05, 4.69) is 26.0 Å². The summed E-state index contributed by atoms with van der Waals surface area (Å²) in [6.45, 7) is 4.25. The molecule has 198 valence electrons. The Labute approximate surface area is 219 Å². The first-order valence-corrected chi connectivity index (χ1v) is 13.5. The fourth-order valence-corrected chi connectivity index (χ4v) is 5.65. The van der Waals surface area contributed by atoms with Crippen molar-refractivity contribution < 1.29 is 33.0 Å².